The van der Waals surface area contributed by atoms with Crippen molar-refractivity contribution in [2.45, 2.75) is 36.8 Å². The standard InChI is InChI=1S/C15H20N2O3S/c1-12-11-14(8-10-20-12)17-21(18,19)15-6-4-13(5-7-15)3-2-9-16/h4-7,12,14,17H,8-11,16H2,1H3. The molecular weight excluding hydrogens is 288 g/mol. The Morgan fingerprint density at radius 1 is 1.38 bits per heavy atom. The zero-order valence-corrected chi connectivity index (χ0v) is 12.8. The van der Waals surface area contributed by atoms with Crippen molar-refractivity contribution in [3.8, 4) is 11.8 Å². The van der Waals surface area contributed by atoms with Crippen LogP contribution in [0.5, 0.6) is 0 Å². The monoisotopic (exact) mass is 308 g/mol. The van der Waals surface area contributed by atoms with Gasteiger partial charge in [0.05, 0.1) is 17.5 Å². The predicted molar refractivity (Wildman–Crippen MR) is 81.1 cm³/mol. The lowest BCUT2D eigenvalue weighted by Gasteiger charge is -2.27. The molecule has 0 radical (unpaired) electrons. The van der Waals surface area contributed by atoms with E-state index < -0.39 is 10.0 Å². The molecule has 1 aromatic carbocycles. The minimum atomic E-state index is -3.50. The maximum atomic E-state index is 12.3. The predicted octanol–water partition coefficient (Wildman–Crippen LogP) is 0.843. The van der Waals surface area contributed by atoms with Crippen LogP contribution in [0.2, 0.25) is 0 Å². The van der Waals surface area contributed by atoms with E-state index >= 15 is 0 Å². The Morgan fingerprint density at radius 2 is 2.10 bits per heavy atom. The number of nitrogens with two attached hydrogens (primary N) is 1. The van der Waals surface area contributed by atoms with Gasteiger partial charge in [0, 0.05) is 18.2 Å². The van der Waals surface area contributed by atoms with Crippen LogP contribution in [0.4, 0.5) is 0 Å². The smallest absolute Gasteiger partial charge is 0.240 e. The summed E-state index contributed by atoms with van der Waals surface area (Å²) in [6, 6.07) is 6.42. The maximum absolute atomic E-state index is 12.3. The highest BCUT2D eigenvalue weighted by atomic mass is 32.2. The third-order valence-electron chi connectivity index (χ3n) is 3.31. The molecule has 2 rings (SSSR count). The normalized spacial score (nSPS) is 22.4. The molecule has 21 heavy (non-hydrogen) atoms. The Hall–Kier alpha value is -1.39. The Balaban J connectivity index is 2.08. The summed E-state index contributed by atoms with van der Waals surface area (Å²) in [6.07, 6.45) is 1.48. The lowest BCUT2D eigenvalue weighted by atomic mass is 10.1. The van der Waals surface area contributed by atoms with Crippen LogP contribution in [0.15, 0.2) is 29.2 Å². The van der Waals surface area contributed by atoms with E-state index in [1.807, 2.05) is 6.92 Å². The lowest BCUT2D eigenvalue weighted by molar-refractivity contribution is 0.0173. The van der Waals surface area contributed by atoms with E-state index in [9.17, 15) is 8.42 Å². The third kappa shape index (κ3) is 4.55. The minimum Gasteiger partial charge on any atom is -0.378 e. The molecule has 1 aliphatic heterocycles. The number of rotatable bonds is 3. The molecule has 1 fully saturated rings. The quantitative estimate of drug-likeness (QED) is 0.811. The number of nitrogens with one attached hydrogen (secondary N) is 1. The van der Waals surface area contributed by atoms with E-state index in [0.29, 0.717) is 19.4 Å². The van der Waals surface area contributed by atoms with Crippen molar-refractivity contribution in [2.24, 2.45) is 5.73 Å². The Labute approximate surface area is 125 Å². The van der Waals surface area contributed by atoms with Crippen molar-refractivity contribution < 1.29 is 13.2 Å². The van der Waals surface area contributed by atoms with Gasteiger partial charge in [-0.1, -0.05) is 11.8 Å². The molecule has 0 spiro atoms. The molecule has 0 saturated carbocycles. The number of hydrogen-bond acceptors (Lipinski definition) is 4. The second kappa shape index (κ2) is 7.05. The van der Waals surface area contributed by atoms with Crippen LogP contribution in [0.25, 0.3) is 0 Å². The molecule has 0 aliphatic carbocycles. The molecule has 3 N–H and O–H groups in total. The van der Waals surface area contributed by atoms with Crippen LogP contribution in [0.1, 0.15) is 25.3 Å². The zero-order chi connectivity index (χ0) is 15.3. The van der Waals surface area contributed by atoms with Gasteiger partial charge >= 0.3 is 0 Å². The minimum absolute atomic E-state index is 0.0736. The van der Waals surface area contributed by atoms with Gasteiger partial charge in [0.25, 0.3) is 0 Å². The highest BCUT2D eigenvalue weighted by Crippen LogP contribution is 2.17. The van der Waals surface area contributed by atoms with Crippen molar-refractivity contribution >= 4 is 10.0 Å². The van der Waals surface area contributed by atoms with Crippen molar-refractivity contribution in [3.63, 3.8) is 0 Å². The van der Waals surface area contributed by atoms with Crippen LogP contribution in [-0.4, -0.2) is 33.7 Å². The van der Waals surface area contributed by atoms with Gasteiger partial charge in [-0.2, -0.15) is 0 Å². The van der Waals surface area contributed by atoms with E-state index in [1.54, 1.807) is 24.3 Å². The molecule has 1 aliphatic rings. The molecule has 2 unspecified atom stereocenters. The average Bonchev–Trinajstić information content (AvgIpc) is 2.45. The highest BCUT2D eigenvalue weighted by Gasteiger charge is 2.24. The van der Waals surface area contributed by atoms with E-state index in [1.165, 1.54) is 0 Å². The van der Waals surface area contributed by atoms with Gasteiger partial charge in [-0.3, -0.25) is 0 Å². The number of benzene rings is 1. The van der Waals surface area contributed by atoms with E-state index in [0.717, 1.165) is 5.56 Å². The molecule has 0 bridgehead atoms. The summed E-state index contributed by atoms with van der Waals surface area (Å²) in [5.74, 6) is 5.60. The fraction of sp³-hybridized carbons (Fsp3) is 0.467. The third-order valence-corrected chi connectivity index (χ3v) is 4.84. The first-order valence-corrected chi connectivity index (χ1v) is 8.42. The molecule has 2 atom stereocenters. The van der Waals surface area contributed by atoms with Crippen molar-refractivity contribution in [3.05, 3.63) is 29.8 Å². The lowest BCUT2D eigenvalue weighted by Crippen LogP contribution is -2.41. The van der Waals surface area contributed by atoms with E-state index in [-0.39, 0.29) is 23.6 Å². The average molecular weight is 308 g/mol. The fourth-order valence-electron chi connectivity index (χ4n) is 2.26. The number of ether oxygens (including phenoxy) is 1. The maximum Gasteiger partial charge on any atom is 0.240 e. The van der Waals surface area contributed by atoms with Crippen LogP contribution in [-0.2, 0) is 14.8 Å². The summed E-state index contributed by atoms with van der Waals surface area (Å²) in [6.45, 7) is 2.82. The summed E-state index contributed by atoms with van der Waals surface area (Å²) in [7, 11) is -3.50. The number of sulfonamides is 1. The van der Waals surface area contributed by atoms with Crippen molar-refractivity contribution in [1.29, 1.82) is 0 Å². The molecule has 5 nitrogen and oxygen atoms in total. The van der Waals surface area contributed by atoms with Crippen LogP contribution in [0, 0.1) is 11.8 Å². The van der Waals surface area contributed by atoms with Crippen LogP contribution >= 0.6 is 0 Å². The first kappa shape index (κ1) is 16.0. The SMILES string of the molecule is CC1CC(NS(=O)(=O)c2ccc(C#CCN)cc2)CCO1. The fourth-order valence-corrected chi connectivity index (χ4v) is 3.55. The zero-order valence-electron chi connectivity index (χ0n) is 12.0. The highest BCUT2D eigenvalue weighted by molar-refractivity contribution is 7.89. The second-order valence-electron chi connectivity index (χ2n) is 5.05. The van der Waals surface area contributed by atoms with Gasteiger partial charge in [0.2, 0.25) is 10.0 Å². The molecule has 6 heteroatoms. The molecular formula is C15H20N2O3S. The molecule has 0 aromatic heterocycles. The van der Waals surface area contributed by atoms with Crippen molar-refractivity contribution in [1.82, 2.24) is 4.72 Å². The van der Waals surface area contributed by atoms with Gasteiger partial charge in [-0.25, -0.2) is 13.1 Å². The summed E-state index contributed by atoms with van der Waals surface area (Å²) in [4.78, 5) is 0.250. The van der Waals surface area contributed by atoms with Gasteiger partial charge in [-0.15, -0.1) is 0 Å². The first-order valence-electron chi connectivity index (χ1n) is 6.94. The largest absolute Gasteiger partial charge is 0.378 e. The van der Waals surface area contributed by atoms with E-state index in [2.05, 4.69) is 16.6 Å². The molecule has 0 amide bonds. The molecule has 1 heterocycles. The van der Waals surface area contributed by atoms with E-state index in [4.69, 9.17) is 10.5 Å². The Bertz CT molecular complexity index is 629. The first-order chi connectivity index (χ1) is 10.0. The Kier molecular flexibility index (Phi) is 5.37. The van der Waals surface area contributed by atoms with Gasteiger partial charge < -0.3 is 10.5 Å². The summed E-state index contributed by atoms with van der Waals surface area (Å²) in [5, 5.41) is 0. The van der Waals surface area contributed by atoms with Crippen molar-refractivity contribution in [2.75, 3.05) is 13.2 Å². The van der Waals surface area contributed by atoms with Crippen LogP contribution < -0.4 is 10.5 Å². The van der Waals surface area contributed by atoms with Gasteiger partial charge in [-0.05, 0) is 44.0 Å². The van der Waals surface area contributed by atoms with Gasteiger partial charge in [0.1, 0.15) is 0 Å². The molecule has 114 valence electrons. The summed E-state index contributed by atoms with van der Waals surface area (Å²) >= 11 is 0. The second-order valence-corrected chi connectivity index (χ2v) is 6.77. The molecule has 1 saturated heterocycles. The Morgan fingerprint density at radius 3 is 2.71 bits per heavy atom. The van der Waals surface area contributed by atoms with Crippen LogP contribution in [0.3, 0.4) is 0 Å². The molecule has 1 aromatic rings. The topological polar surface area (TPSA) is 81.4 Å². The summed E-state index contributed by atoms with van der Waals surface area (Å²) in [5.41, 5.74) is 6.05. The summed E-state index contributed by atoms with van der Waals surface area (Å²) < 4.78 is 32.8. The van der Waals surface area contributed by atoms with Gasteiger partial charge in [0.15, 0.2) is 0 Å². The number of hydrogen-bond donors (Lipinski definition) is 2.